The lowest BCUT2D eigenvalue weighted by molar-refractivity contribution is 0.112. The van der Waals surface area contributed by atoms with Crippen LogP contribution in [0.5, 0.6) is 0 Å². The van der Waals surface area contributed by atoms with Gasteiger partial charge in [0.2, 0.25) is 0 Å². The number of benzene rings is 1. The van der Waals surface area contributed by atoms with Crippen molar-refractivity contribution >= 4 is 59.6 Å². The topological polar surface area (TPSA) is 17.1 Å². The summed E-state index contributed by atoms with van der Waals surface area (Å²) in [5.41, 5.74) is 0.749. The van der Waals surface area contributed by atoms with Gasteiger partial charge >= 0.3 is 0 Å². The van der Waals surface area contributed by atoms with Gasteiger partial charge in [0.05, 0.1) is 0 Å². The predicted molar refractivity (Wildman–Crippen MR) is 62.6 cm³/mol. The van der Waals surface area contributed by atoms with Crippen LogP contribution in [-0.2, 0) is 0 Å². The van der Waals surface area contributed by atoms with E-state index < -0.39 is 0 Å². The molecule has 1 heterocycles. The summed E-state index contributed by atoms with van der Waals surface area (Å²) in [5.74, 6) is 0. The maximum atomic E-state index is 10.7. The minimum Gasteiger partial charge on any atom is -0.298 e. The van der Waals surface area contributed by atoms with Gasteiger partial charge in [0.15, 0.2) is 6.29 Å². The van der Waals surface area contributed by atoms with Gasteiger partial charge in [-0.2, -0.15) is 0 Å². The Hall–Kier alpha value is -0.190. The zero-order valence-corrected chi connectivity index (χ0v) is 10.4. The van der Waals surface area contributed by atoms with E-state index >= 15 is 0 Å². The van der Waals surface area contributed by atoms with E-state index in [-0.39, 0.29) is 0 Å². The van der Waals surface area contributed by atoms with Crippen LogP contribution in [0.25, 0.3) is 10.1 Å². The van der Waals surface area contributed by atoms with Crippen LogP contribution in [0.3, 0.4) is 0 Å². The fraction of sp³-hybridized carbons (Fsp3) is 0. The Bertz CT molecular complexity index is 476. The fourth-order valence-electron chi connectivity index (χ4n) is 1.20. The van der Waals surface area contributed by atoms with Gasteiger partial charge in [-0.15, -0.1) is 11.3 Å². The van der Waals surface area contributed by atoms with E-state index in [2.05, 4.69) is 31.9 Å². The molecule has 0 atom stereocenters. The van der Waals surface area contributed by atoms with Crippen molar-refractivity contribution < 1.29 is 4.79 Å². The van der Waals surface area contributed by atoms with Gasteiger partial charge < -0.3 is 0 Å². The molecule has 0 N–H and O–H groups in total. The summed E-state index contributed by atoms with van der Waals surface area (Å²) in [6, 6.07) is 3.96. The lowest BCUT2D eigenvalue weighted by Crippen LogP contribution is -1.76. The number of fused-ring (bicyclic) bond motifs is 1. The van der Waals surface area contributed by atoms with Crippen LogP contribution in [0, 0.1) is 0 Å². The molecular formula is C9H4Br2OS. The first kappa shape index (κ1) is 9.37. The van der Waals surface area contributed by atoms with E-state index in [0.717, 1.165) is 30.9 Å². The third kappa shape index (κ3) is 1.58. The van der Waals surface area contributed by atoms with Crippen LogP contribution in [0.4, 0.5) is 0 Å². The summed E-state index contributed by atoms with van der Waals surface area (Å²) in [4.78, 5) is 10.7. The van der Waals surface area contributed by atoms with Gasteiger partial charge in [0.1, 0.15) is 0 Å². The van der Waals surface area contributed by atoms with Crippen molar-refractivity contribution in [3.63, 3.8) is 0 Å². The molecule has 0 aliphatic heterocycles. The van der Waals surface area contributed by atoms with Gasteiger partial charge in [-0.25, -0.2) is 0 Å². The Kier molecular flexibility index (Phi) is 2.53. The number of aldehydes is 1. The molecule has 4 heteroatoms. The summed E-state index contributed by atoms with van der Waals surface area (Å²) in [6.45, 7) is 0. The molecule has 66 valence electrons. The van der Waals surface area contributed by atoms with Gasteiger partial charge in [0, 0.05) is 30.0 Å². The molecule has 2 aromatic rings. The fourth-order valence-corrected chi connectivity index (χ4v) is 3.90. The quantitative estimate of drug-likeness (QED) is 0.719. The van der Waals surface area contributed by atoms with E-state index in [1.807, 2.05) is 17.5 Å². The molecule has 0 unspecified atom stereocenters. The smallest absolute Gasteiger partial charge is 0.151 e. The molecule has 0 spiro atoms. The highest BCUT2D eigenvalue weighted by Gasteiger charge is 2.07. The van der Waals surface area contributed by atoms with E-state index in [1.165, 1.54) is 0 Å². The van der Waals surface area contributed by atoms with Crippen molar-refractivity contribution in [2.75, 3.05) is 0 Å². The van der Waals surface area contributed by atoms with Crippen molar-refractivity contribution in [2.45, 2.75) is 0 Å². The van der Waals surface area contributed by atoms with Gasteiger partial charge in [0.25, 0.3) is 0 Å². The molecule has 2 rings (SSSR count). The molecule has 0 saturated carbocycles. The molecule has 0 aliphatic rings. The van der Waals surface area contributed by atoms with Crippen LogP contribution in [0.1, 0.15) is 10.4 Å². The average Bonchev–Trinajstić information content (AvgIpc) is 2.47. The molecule has 1 aromatic heterocycles. The van der Waals surface area contributed by atoms with Gasteiger partial charge in [-0.1, -0.05) is 31.9 Å². The minimum atomic E-state index is 0.749. The second-order valence-corrected chi connectivity index (χ2v) is 5.25. The SMILES string of the molecule is O=Cc1csc2cc(Br)cc(Br)c12. The van der Waals surface area contributed by atoms with E-state index in [9.17, 15) is 4.79 Å². The van der Waals surface area contributed by atoms with Crippen LogP contribution in [0.15, 0.2) is 26.5 Å². The summed E-state index contributed by atoms with van der Waals surface area (Å²) in [5, 5.41) is 2.87. The Morgan fingerprint density at radius 3 is 2.77 bits per heavy atom. The number of carbonyl (C=O) groups is 1. The summed E-state index contributed by atoms with van der Waals surface area (Å²) in [6.07, 6.45) is 0.886. The summed E-state index contributed by atoms with van der Waals surface area (Å²) >= 11 is 8.41. The lowest BCUT2D eigenvalue weighted by atomic mass is 10.2. The number of hydrogen-bond donors (Lipinski definition) is 0. The Morgan fingerprint density at radius 2 is 2.08 bits per heavy atom. The summed E-state index contributed by atoms with van der Waals surface area (Å²) in [7, 11) is 0. The molecule has 0 amide bonds. The number of halogens is 2. The minimum absolute atomic E-state index is 0.749. The molecule has 0 aliphatic carbocycles. The molecule has 0 fully saturated rings. The van der Waals surface area contributed by atoms with Crippen molar-refractivity contribution in [1.29, 1.82) is 0 Å². The highest BCUT2D eigenvalue weighted by molar-refractivity contribution is 9.11. The Balaban J connectivity index is 2.89. The van der Waals surface area contributed by atoms with Crippen molar-refractivity contribution in [1.82, 2.24) is 0 Å². The monoisotopic (exact) mass is 318 g/mol. The standard InChI is InChI=1S/C9H4Br2OS/c10-6-1-7(11)9-5(3-12)4-13-8(9)2-6/h1-4H. The first-order valence-corrected chi connectivity index (χ1v) is 6.00. The van der Waals surface area contributed by atoms with Crippen LogP contribution < -0.4 is 0 Å². The van der Waals surface area contributed by atoms with Crippen molar-refractivity contribution in [3.8, 4) is 0 Å². The highest BCUT2D eigenvalue weighted by atomic mass is 79.9. The summed E-state index contributed by atoms with van der Waals surface area (Å²) < 4.78 is 3.09. The first-order valence-electron chi connectivity index (χ1n) is 3.54. The van der Waals surface area contributed by atoms with Gasteiger partial charge in [-0.3, -0.25) is 4.79 Å². The van der Waals surface area contributed by atoms with Crippen LogP contribution in [0.2, 0.25) is 0 Å². The number of carbonyl (C=O) groups excluding carboxylic acids is 1. The van der Waals surface area contributed by atoms with E-state index in [4.69, 9.17) is 0 Å². The molecule has 0 saturated heterocycles. The van der Waals surface area contributed by atoms with Crippen molar-refractivity contribution in [2.24, 2.45) is 0 Å². The Labute approximate surface area is 96.0 Å². The maximum Gasteiger partial charge on any atom is 0.151 e. The third-order valence-electron chi connectivity index (χ3n) is 1.75. The third-order valence-corrected chi connectivity index (χ3v) is 3.78. The normalized spacial score (nSPS) is 10.6. The number of thiophene rings is 1. The van der Waals surface area contributed by atoms with E-state index in [1.54, 1.807) is 11.3 Å². The molecular weight excluding hydrogens is 316 g/mol. The van der Waals surface area contributed by atoms with Crippen LogP contribution in [-0.4, -0.2) is 6.29 Å². The predicted octanol–water partition coefficient (Wildman–Crippen LogP) is 4.24. The molecule has 1 nitrogen and oxygen atoms in total. The zero-order chi connectivity index (χ0) is 9.42. The molecule has 13 heavy (non-hydrogen) atoms. The number of rotatable bonds is 1. The maximum absolute atomic E-state index is 10.7. The van der Waals surface area contributed by atoms with E-state index in [0.29, 0.717) is 0 Å². The zero-order valence-electron chi connectivity index (χ0n) is 6.38. The van der Waals surface area contributed by atoms with Crippen LogP contribution >= 0.6 is 43.2 Å². The first-order chi connectivity index (χ1) is 6.22. The number of hydrogen-bond acceptors (Lipinski definition) is 2. The van der Waals surface area contributed by atoms with Crippen molar-refractivity contribution in [3.05, 3.63) is 32.0 Å². The molecule has 0 bridgehead atoms. The Morgan fingerprint density at radius 1 is 1.31 bits per heavy atom. The molecule has 0 radical (unpaired) electrons. The van der Waals surface area contributed by atoms with Gasteiger partial charge in [-0.05, 0) is 12.1 Å². The average molecular weight is 320 g/mol. The second kappa shape index (κ2) is 3.52. The largest absolute Gasteiger partial charge is 0.298 e. The second-order valence-electron chi connectivity index (χ2n) is 2.57. The lowest BCUT2D eigenvalue weighted by Gasteiger charge is -1.96. The highest BCUT2D eigenvalue weighted by Crippen LogP contribution is 2.34. The molecule has 1 aromatic carbocycles.